The van der Waals surface area contributed by atoms with Crippen LogP contribution in [0.2, 0.25) is 0 Å². The number of hydrogen-bond donors (Lipinski definition) is 2. The topological polar surface area (TPSA) is 46.2 Å². The third-order valence-electron chi connectivity index (χ3n) is 2.13. The molecular formula is C10H14BrNO. The van der Waals surface area contributed by atoms with Gasteiger partial charge in [0.1, 0.15) is 0 Å². The number of nitrogens with two attached hydrogens (primary N) is 1. The molecule has 1 rings (SSSR count). The van der Waals surface area contributed by atoms with E-state index in [2.05, 4.69) is 15.9 Å². The maximum absolute atomic E-state index is 9.76. The third-order valence-corrected chi connectivity index (χ3v) is 2.99. The summed E-state index contributed by atoms with van der Waals surface area (Å²) >= 11 is 3.41. The van der Waals surface area contributed by atoms with Crippen LogP contribution in [0.4, 0.5) is 0 Å². The summed E-state index contributed by atoms with van der Waals surface area (Å²) in [7, 11) is 0. The van der Waals surface area contributed by atoms with Crippen molar-refractivity contribution in [2.75, 3.05) is 0 Å². The molecule has 0 fully saturated rings. The second kappa shape index (κ2) is 4.22. The number of rotatable bonds is 2. The standard InChI is InChI=1S/C10H14BrNO/c1-6-8(10(13)7(2)12)4-3-5-9(6)11/h3-5,7,10,13H,12H2,1-2H3/t7-,10-/m0/s1. The lowest BCUT2D eigenvalue weighted by Gasteiger charge is -2.17. The van der Waals surface area contributed by atoms with Gasteiger partial charge in [0.25, 0.3) is 0 Å². The number of aliphatic hydroxyl groups is 1. The van der Waals surface area contributed by atoms with E-state index in [9.17, 15) is 5.11 Å². The number of halogens is 1. The Balaban J connectivity index is 3.07. The number of benzene rings is 1. The molecule has 0 bridgehead atoms. The van der Waals surface area contributed by atoms with E-state index in [1.807, 2.05) is 25.1 Å². The van der Waals surface area contributed by atoms with Crippen molar-refractivity contribution in [1.29, 1.82) is 0 Å². The lowest BCUT2D eigenvalue weighted by molar-refractivity contribution is 0.152. The van der Waals surface area contributed by atoms with Crippen LogP contribution in [0.1, 0.15) is 24.2 Å². The van der Waals surface area contributed by atoms with Crippen LogP contribution < -0.4 is 5.73 Å². The van der Waals surface area contributed by atoms with Crippen LogP contribution in [-0.4, -0.2) is 11.1 Å². The zero-order valence-electron chi connectivity index (χ0n) is 7.79. The largest absolute Gasteiger partial charge is 0.387 e. The Morgan fingerprint density at radius 3 is 2.62 bits per heavy atom. The Kier molecular flexibility index (Phi) is 3.47. The molecule has 0 saturated heterocycles. The van der Waals surface area contributed by atoms with Crippen LogP contribution in [0.3, 0.4) is 0 Å². The Labute approximate surface area is 86.9 Å². The SMILES string of the molecule is Cc1c(Br)cccc1[C@@H](O)[C@H](C)N. The fraction of sp³-hybridized carbons (Fsp3) is 0.400. The van der Waals surface area contributed by atoms with Crippen LogP contribution in [-0.2, 0) is 0 Å². The van der Waals surface area contributed by atoms with Gasteiger partial charge in [-0.05, 0) is 31.0 Å². The highest BCUT2D eigenvalue weighted by Crippen LogP contribution is 2.25. The highest BCUT2D eigenvalue weighted by atomic mass is 79.9. The first-order valence-corrected chi connectivity index (χ1v) is 5.02. The molecule has 0 saturated carbocycles. The summed E-state index contributed by atoms with van der Waals surface area (Å²) in [6.45, 7) is 3.76. The summed E-state index contributed by atoms with van der Waals surface area (Å²) in [5.41, 5.74) is 7.56. The van der Waals surface area contributed by atoms with E-state index >= 15 is 0 Å². The highest BCUT2D eigenvalue weighted by molar-refractivity contribution is 9.10. The molecule has 0 aliphatic carbocycles. The Morgan fingerprint density at radius 1 is 1.46 bits per heavy atom. The molecule has 0 radical (unpaired) electrons. The van der Waals surface area contributed by atoms with Gasteiger partial charge in [0, 0.05) is 10.5 Å². The van der Waals surface area contributed by atoms with Crippen LogP contribution in [0, 0.1) is 6.92 Å². The van der Waals surface area contributed by atoms with Crippen molar-refractivity contribution in [1.82, 2.24) is 0 Å². The quantitative estimate of drug-likeness (QED) is 0.837. The van der Waals surface area contributed by atoms with Gasteiger partial charge >= 0.3 is 0 Å². The predicted octanol–water partition coefficient (Wildman–Crippen LogP) is 2.14. The van der Waals surface area contributed by atoms with E-state index in [4.69, 9.17) is 5.73 Å². The number of aliphatic hydroxyl groups excluding tert-OH is 1. The second-order valence-electron chi connectivity index (χ2n) is 3.26. The number of hydrogen-bond acceptors (Lipinski definition) is 2. The fourth-order valence-corrected chi connectivity index (χ4v) is 1.61. The average Bonchev–Trinajstić information content (AvgIpc) is 2.08. The second-order valence-corrected chi connectivity index (χ2v) is 4.11. The normalized spacial score (nSPS) is 15.5. The molecule has 0 unspecified atom stereocenters. The first kappa shape index (κ1) is 10.7. The van der Waals surface area contributed by atoms with Gasteiger partial charge < -0.3 is 10.8 Å². The van der Waals surface area contributed by atoms with E-state index in [0.717, 1.165) is 15.6 Å². The van der Waals surface area contributed by atoms with Crippen molar-refractivity contribution in [2.24, 2.45) is 5.73 Å². The minimum Gasteiger partial charge on any atom is -0.387 e. The van der Waals surface area contributed by atoms with Crippen molar-refractivity contribution in [3.63, 3.8) is 0 Å². The summed E-state index contributed by atoms with van der Waals surface area (Å²) < 4.78 is 1.00. The van der Waals surface area contributed by atoms with Gasteiger partial charge in [-0.3, -0.25) is 0 Å². The highest BCUT2D eigenvalue weighted by Gasteiger charge is 2.15. The molecule has 72 valence electrons. The van der Waals surface area contributed by atoms with Gasteiger partial charge in [-0.1, -0.05) is 28.1 Å². The minimum atomic E-state index is -0.586. The summed E-state index contributed by atoms with van der Waals surface area (Å²) in [5.74, 6) is 0. The summed E-state index contributed by atoms with van der Waals surface area (Å²) in [6, 6.07) is 5.51. The van der Waals surface area contributed by atoms with Gasteiger partial charge in [-0.25, -0.2) is 0 Å². The molecule has 3 heteroatoms. The zero-order valence-corrected chi connectivity index (χ0v) is 9.38. The molecule has 2 atom stereocenters. The van der Waals surface area contributed by atoms with Gasteiger partial charge in [0.05, 0.1) is 6.10 Å². The Hall–Kier alpha value is -0.380. The molecule has 0 aliphatic rings. The third kappa shape index (κ3) is 2.30. The smallest absolute Gasteiger partial charge is 0.0941 e. The lowest BCUT2D eigenvalue weighted by atomic mass is 9.99. The monoisotopic (exact) mass is 243 g/mol. The van der Waals surface area contributed by atoms with Crippen LogP contribution >= 0.6 is 15.9 Å². The molecule has 1 aromatic carbocycles. The van der Waals surface area contributed by atoms with E-state index in [-0.39, 0.29) is 6.04 Å². The summed E-state index contributed by atoms with van der Waals surface area (Å²) in [4.78, 5) is 0. The van der Waals surface area contributed by atoms with Crippen molar-refractivity contribution in [3.05, 3.63) is 33.8 Å². The van der Waals surface area contributed by atoms with E-state index < -0.39 is 6.10 Å². The van der Waals surface area contributed by atoms with Crippen LogP contribution in [0.25, 0.3) is 0 Å². The molecule has 0 aliphatic heterocycles. The maximum Gasteiger partial charge on any atom is 0.0941 e. The molecule has 13 heavy (non-hydrogen) atoms. The molecule has 1 aromatic rings. The van der Waals surface area contributed by atoms with Gasteiger partial charge in [0.15, 0.2) is 0 Å². The first-order chi connectivity index (χ1) is 6.04. The average molecular weight is 244 g/mol. The van der Waals surface area contributed by atoms with Crippen molar-refractivity contribution >= 4 is 15.9 Å². The molecule has 2 nitrogen and oxygen atoms in total. The van der Waals surface area contributed by atoms with Crippen LogP contribution in [0.5, 0.6) is 0 Å². The summed E-state index contributed by atoms with van der Waals surface area (Å²) in [6.07, 6.45) is -0.586. The molecule has 0 heterocycles. The van der Waals surface area contributed by atoms with Crippen LogP contribution in [0.15, 0.2) is 22.7 Å². The fourth-order valence-electron chi connectivity index (χ4n) is 1.23. The van der Waals surface area contributed by atoms with E-state index in [0.29, 0.717) is 0 Å². The van der Waals surface area contributed by atoms with Gasteiger partial charge in [-0.15, -0.1) is 0 Å². The van der Waals surface area contributed by atoms with E-state index in [1.54, 1.807) is 6.92 Å². The van der Waals surface area contributed by atoms with Crippen molar-refractivity contribution < 1.29 is 5.11 Å². The molecule has 3 N–H and O–H groups in total. The van der Waals surface area contributed by atoms with Crippen molar-refractivity contribution in [3.8, 4) is 0 Å². The van der Waals surface area contributed by atoms with Crippen molar-refractivity contribution in [2.45, 2.75) is 26.0 Å². The summed E-state index contributed by atoms with van der Waals surface area (Å²) in [5, 5.41) is 9.76. The minimum absolute atomic E-state index is 0.243. The predicted molar refractivity (Wildman–Crippen MR) is 57.5 cm³/mol. The molecule has 0 spiro atoms. The lowest BCUT2D eigenvalue weighted by Crippen LogP contribution is -2.25. The van der Waals surface area contributed by atoms with E-state index in [1.165, 1.54) is 0 Å². The molecular weight excluding hydrogens is 230 g/mol. The first-order valence-electron chi connectivity index (χ1n) is 4.22. The Morgan fingerprint density at radius 2 is 2.08 bits per heavy atom. The molecule has 0 amide bonds. The zero-order chi connectivity index (χ0) is 10.0. The van der Waals surface area contributed by atoms with Gasteiger partial charge in [-0.2, -0.15) is 0 Å². The Bertz CT molecular complexity index is 299. The molecule has 0 aromatic heterocycles. The van der Waals surface area contributed by atoms with Gasteiger partial charge in [0.2, 0.25) is 0 Å². The maximum atomic E-state index is 9.76.